The molecule has 0 saturated heterocycles. The Hall–Kier alpha value is -0.740. The zero-order valence-electron chi connectivity index (χ0n) is 9.75. The van der Waals surface area contributed by atoms with Crippen LogP contribution in [0.5, 0.6) is 0 Å². The summed E-state index contributed by atoms with van der Waals surface area (Å²) in [7, 11) is 3.31. The van der Waals surface area contributed by atoms with Crippen molar-refractivity contribution >= 4 is 11.6 Å². The summed E-state index contributed by atoms with van der Waals surface area (Å²) in [5.41, 5.74) is 0. The third kappa shape index (κ3) is 0.559. The third-order valence-electron chi connectivity index (χ3n) is 6.53. The van der Waals surface area contributed by atoms with Crippen LogP contribution in [-0.4, -0.2) is 31.6 Å². The molecule has 0 heterocycles. The maximum Gasteiger partial charge on any atom is 0.175 e. The highest BCUT2D eigenvalue weighted by Gasteiger charge is 2.91. The van der Waals surface area contributed by atoms with Crippen LogP contribution in [0.2, 0.25) is 0 Å². The fourth-order valence-electron chi connectivity index (χ4n) is 6.44. The summed E-state index contributed by atoms with van der Waals surface area (Å²) < 4.78 is 11.4. The molecule has 5 saturated carbocycles. The number of carbonyl (C=O) groups excluding carboxylic acids is 2. The Balaban J connectivity index is 1.81. The number of carbonyl (C=O) groups is 2. The molecule has 0 aromatic rings. The van der Waals surface area contributed by atoms with E-state index in [-0.39, 0.29) is 35.5 Å². The minimum absolute atomic E-state index is 0.0240. The van der Waals surface area contributed by atoms with Crippen molar-refractivity contribution in [3.8, 4) is 0 Å². The molecule has 0 aliphatic heterocycles. The van der Waals surface area contributed by atoms with Crippen LogP contribution in [0.4, 0.5) is 0 Å². The van der Waals surface area contributed by atoms with Crippen LogP contribution in [0.25, 0.3) is 0 Å². The van der Waals surface area contributed by atoms with Gasteiger partial charge >= 0.3 is 0 Å². The summed E-state index contributed by atoms with van der Waals surface area (Å²) in [4.78, 5) is 24.6. The molecule has 5 aliphatic rings. The van der Waals surface area contributed by atoms with Gasteiger partial charge in [0, 0.05) is 49.7 Å². The molecule has 90 valence electrons. The van der Waals surface area contributed by atoms with E-state index in [2.05, 4.69) is 0 Å². The van der Waals surface area contributed by atoms with Gasteiger partial charge in [0.15, 0.2) is 5.79 Å². The van der Waals surface area contributed by atoms with Crippen LogP contribution in [0.3, 0.4) is 0 Å². The lowest BCUT2D eigenvalue weighted by Crippen LogP contribution is -2.47. The first kappa shape index (κ1) is 9.22. The summed E-state index contributed by atoms with van der Waals surface area (Å²) in [6.45, 7) is 0. The third-order valence-corrected chi connectivity index (χ3v) is 6.53. The number of rotatable bonds is 2. The van der Waals surface area contributed by atoms with Gasteiger partial charge in [-0.3, -0.25) is 9.59 Å². The number of Topliss-reactive ketones (excluding diaryl/α,β-unsaturated/α-hetero) is 2. The summed E-state index contributed by atoms with van der Waals surface area (Å²) in [5, 5.41) is 0. The Kier molecular flexibility index (Phi) is 1.21. The average molecular weight is 234 g/mol. The zero-order chi connectivity index (χ0) is 11.7. The highest BCUT2D eigenvalue weighted by atomic mass is 16.7. The normalized spacial score (nSPS) is 62.7. The van der Waals surface area contributed by atoms with Crippen molar-refractivity contribution in [1.29, 1.82) is 0 Å². The van der Waals surface area contributed by atoms with E-state index in [1.807, 2.05) is 0 Å². The SMILES string of the molecule is COC1(OC)[C@@H]2[C@H]3C(=O)[C@H]4[C@@H]5C(=O)[C@@H]3[C@H]1[C@@H]5[C@@H]42. The van der Waals surface area contributed by atoms with Gasteiger partial charge in [-0.15, -0.1) is 0 Å². The van der Waals surface area contributed by atoms with Crippen molar-refractivity contribution in [3.63, 3.8) is 0 Å². The highest BCUT2D eigenvalue weighted by molar-refractivity contribution is 6.07. The van der Waals surface area contributed by atoms with Crippen LogP contribution in [0, 0.1) is 47.3 Å². The highest BCUT2D eigenvalue weighted by Crippen LogP contribution is 2.83. The van der Waals surface area contributed by atoms with Gasteiger partial charge in [0.2, 0.25) is 0 Å². The average Bonchev–Trinajstić information content (AvgIpc) is 2.73. The maximum atomic E-state index is 12.3. The van der Waals surface area contributed by atoms with Crippen LogP contribution in [0.15, 0.2) is 0 Å². The quantitative estimate of drug-likeness (QED) is 0.636. The van der Waals surface area contributed by atoms with E-state index in [4.69, 9.17) is 9.47 Å². The standard InChI is InChI=1S/C13H14O4/c1-16-13(17-2)9-3-4-6-5(3)11(14)7(9)8(10(4)13)12(6)15/h3-10H,1-2H3/t3-,4+,5-,6-,7+,8+,9-,10+/m1/s1. The molecule has 0 aromatic heterocycles. The van der Waals surface area contributed by atoms with Crippen LogP contribution in [0.1, 0.15) is 0 Å². The molecule has 5 fully saturated rings. The molecule has 8 atom stereocenters. The first-order valence-electron chi connectivity index (χ1n) is 6.37. The van der Waals surface area contributed by atoms with Gasteiger partial charge in [0.1, 0.15) is 11.6 Å². The second kappa shape index (κ2) is 2.24. The summed E-state index contributed by atoms with van der Waals surface area (Å²) in [6, 6.07) is 0. The molecular weight excluding hydrogens is 220 g/mol. The Labute approximate surface area is 98.6 Å². The first-order valence-corrected chi connectivity index (χ1v) is 6.37. The van der Waals surface area contributed by atoms with Crippen LogP contribution >= 0.6 is 0 Å². The van der Waals surface area contributed by atoms with E-state index < -0.39 is 5.79 Å². The first-order chi connectivity index (χ1) is 8.19. The topological polar surface area (TPSA) is 52.6 Å². The lowest BCUT2D eigenvalue weighted by molar-refractivity contribution is -0.240. The fourth-order valence-corrected chi connectivity index (χ4v) is 6.44. The predicted octanol–water partition coefficient (Wildman–Crippen LogP) is 0.111. The second-order valence-corrected chi connectivity index (χ2v) is 6.24. The molecule has 0 N–H and O–H groups in total. The fraction of sp³-hybridized carbons (Fsp3) is 0.846. The van der Waals surface area contributed by atoms with E-state index >= 15 is 0 Å². The molecule has 4 heteroatoms. The number of ketones is 2. The Morgan fingerprint density at radius 1 is 0.824 bits per heavy atom. The van der Waals surface area contributed by atoms with Gasteiger partial charge < -0.3 is 9.47 Å². The van der Waals surface area contributed by atoms with Crippen molar-refractivity contribution in [2.45, 2.75) is 5.79 Å². The smallest absolute Gasteiger partial charge is 0.175 e. The molecule has 2 bridgehead atoms. The van der Waals surface area contributed by atoms with Gasteiger partial charge in [-0.05, 0) is 11.8 Å². The molecule has 0 unspecified atom stereocenters. The predicted molar refractivity (Wildman–Crippen MR) is 54.7 cm³/mol. The van der Waals surface area contributed by atoms with Crippen molar-refractivity contribution < 1.29 is 19.1 Å². The van der Waals surface area contributed by atoms with Crippen molar-refractivity contribution in [2.24, 2.45) is 47.3 Å². The monoisotopic (exact) mass is 234 g/mol. The molecule has 5 rings (SSSR count). The van der Waals surface area contributed by atoms with Crippen molar-refractivity contribution in [2.75, 3.05) is 14.2 Å². The molecule has 0 spiro atoms. The van der Waals surface area contributed by atoms with E-state index in [1.54, 1.807) is 14.2 Å². The number of fused-ring (bicyclic) bond motifs is 2. The Morgan fingerprint density at radius 2 is 1.24 bits per heavy atom. The van der Waals surface area contributed by atoms with Crippen LogP contribution < -0.4 is 0 Å². The number of ether oxygens (including phenoxy) is 2. The number of hydrogen-bond donors (Lipinski definition) is 0. The zero-order valence-corrected chi connectivity index (χ0v) is 9.75. The summed E-state index contributed by atoms with van der Waals surface area (Å²) in [5.74, 6) is 0.969. The van der Waals surface area contributed by atoms with Crippen molar-refractivity contribution in [3.05, 3.63) is 0 Å². The second-order valence-electron chi connectivity index (χ2n) is 6.24. The maximum absolute atomic E-state index is 12.3. The molecule has 17 heavy (non-hydrogen) atoms. The van der Waals surface area contributed by atoms with Gasteiger partial charge in [-0.1, -0.05) is 0 Å². The molecule has 4 nitrogen and oxygen atoms in total. The largest absolute Gasteiger partial charge is 0.353 e. The number of methoxy groups -OCH3 is 2. The van der Waals surface area contributed by atoms with Gasteiger partial charge in [0.25, 0.3) is 0 Å². The Morgan fingerprint density at radius 3 is 1.59 bits per heavy atom. The van der Waals surface area contributed by atoms with E-state index in [1.165, 1.54) is 0 Å². The minimum Gasteiger partial charge on any atom is -0.353 e. The summed E-state index contributed by atoms with van der Waals surface area (Å²) in [6.07, 6.45) is 0. The Bertz CT molecular complexity index is 440. The lowest BCUT2D eigenvalue weighted by atomic mass is 9.59. The molecular formula is C13H14O4. The van der Waals surface area contributed by atoms with Crippen molar-refractivity contribution in [1.82, 2.24) is 0 Å². The number of hydrogen-bond acceptors (Lipinski definition) is 4. The molecule has 0 aromatic carbocycles. The van der Waals surface area contributed by atoms with E-state index in [0.717, 1.165) is 0 Å². The van der Waals surface area contributed by atoms with E-state index in [0.29, 0.717) is 23.4 Å². The van der Waals surface area contributed by atoms with Crippen LogP contribution in [-0.2, 0) is 19.1 Å². The van der Waals surface area contributed by atoms with E-state index in [9.17, 15) is 9.59 Å². The molecule has 5 aliphatic carbocycles. The van der Waals surface area contributed by atoms with Gasteiger partial charge in [-0.25, -0.2) is 0 Å². The van der Waals surface area contributed by atoms with Gasteiger partial charge in [-0.2, -0.15) is 0 Å². The molecule has 0 radical (unpaired) electrons. The minimum atomic E-state index is -0.643. The van der Waals surface area contributed by atoms with Gasteiger partial charge in [0.05, 0.1) is 0 Å². The molecule has 0 amide bonds. The lowest BCUT2D eigenvalue weighted by Gasteiger charge is -2.41. The summed E-state index contributed by atoms with van der Waals surface area (Å²) >= 11 is 0.